The van der Waals surface area contributed by atoms with Crippen LogP contribution < -0.4 is 10.6 Å². The predicted octanol–water partition coefficient (Wildman–Crippen LogP) is 3.56. The molecule has 2 N–H and O–H groups in total. The van der Waals surface area contributed by atoms with Crippen LogP contribution in [0.1, 0.15) is 18.5 Å². The largest absolute Gasteiger partial charge is 0.381 e. The first kappa shape index (κ1) is 19.0. The average molecular weight is 408 g/mol. The number of benzene rings is 1. The van der Waals surface area contributed by atoms with Crippen LogP contribution >= 0.6 is 11.6 Å². The van der Waals surface area contributed by atoms with Gasteiger partial charge in [0, 0.05) is 31.5 Å². The SMILES string of the molecule is O=C(Nc1ccc(F)c(Cl)c1)N1CCn2nc(NCC3CCCOC3)cc2C1. The number of fused-ring (bicyclic) bond motifs is 1. The van der Waals surface area contributed by atoms with E-state index in [9.17, 15) is 9.18 Å². The van der Waals surface area contributed by atoms with Crippen LogP contribution in [0.3, 0.4) is 0 Å². The molecule has 0 radical (unpaired) electrons. The smallest absolute Gasteiger partial charge is 0.322 e. The molecule has 0 spiro atoms. The Hall–Kier alpha value is -2.32. The van der Waals surface area contributed by atoms with Gasteiger partial charge in [-0.05, 0) is 37.0 Å². The third-order valence-corrected chi connectivity index (χ3v) is 5.37. The molecule has 150 valence electrons. The molecule has 0 bridgehead atoms. The Morgan fingerprint density at radius 3 is 3.04 bits per heavy atom. The van der Waals surface area contributed by atoms with Crippen LogP contribution in [0.25, 0.3) is 0 Å². The molecule has 2 aliphatic heterocycles. The van der Waals surface area contributed by atoms with Crippen LogP contribution in [-0.4, -0.2) is 47.0 Å². The maximum absolute atomic E-state index is 13.3. The number of ether oxygens (including phenoxy) is 1. The molecule has 1 unspecified atom stereocenters. The second kappa shape index (κ2) is 8.36. The fraction of sp³-hybridized carbons (Fsp3) is 0.474. The minimum Gasteiger partial charge on any atom is -0.381 e. The molecular weight excluding hydrogens is 385 g/mol. The van der Waals surface area contributed by atoms with Crippen molar-refractivity contribution < 1.29 is 13.9 Å². The normalized spacial score (nSPS) is 19.2. The molecule has 28 heavy (non-hydrogen) atoms. The highest BCUT2D eigenvalue weighted by atomic mass is 35.5. The van der Waals surface area contributed by atoms with Gasteiger partial charge in [-0.2, -0.15) is 5.10 Å². The zero-order chi connectivity index (χ0) is 19.5. The molecule has 1 aromatic carbocycles. The van der Waals surface area contributed by atoms with E-state index in [0.29, 0.717) is 31.2 Å². The summed E-state index contributed by atoms with van der Waals surface area (Å²) in [7, 11) is 0. The van der Waals surface area contributed by atoms with Crippen molar-refractivity contribution in [1.82, 2.24) is 14.7 Å². The monoisotopic (exact) mass is 407 g/mol. The van der Waals surface area contributed by atoms with Crippen molar-refractivity contribution in [3.8, 4) is 0 Å². The third-order valence-electron chi connectivity index (χ3n) is 5.08. The quantitative estimate of drug-likeness (QED) is 0.812. The molecule has 0 saturated carbocycles. The van der Waals surface area contributed by atoms with Crippen molar-refractivity contribution in [3.63, 3.8) is 0 Å². The van der Waals surface area contributed by atoms with Crippen LogP contribution in [0.15, 0.2) is 24.3 Å². The molecule has 2 amide bonds. The number of amides is 2. The number of aromatic nitrogens is 2. The lowest BCUT2D eigenvalue weighted by atomic mass is 10.0. The summed E-state index contributed by atoms with van der Waals surface area (Å²) in [5.74, 6) is 0.826. The lowest BCUT2D eigenvalue weighted by Crippen LogP contribution is -2.40. The Balaban J connectivity index is 1.34. The van der Waals surface area contributed by atoms with Crippen LogP contribution in [0.5, 0.6) is 0 Å². The molecule has 4 rings (SSSR count). The molecule has 9 heteroatoms. The summed E-state index contributed by atoms with van der Waals surface area (Å²) >= 11 is 5.77. The second-order valence-electron chi connectivity index (χ2n) is 7.19. The van der Waals surface area contributed by atoms with Crippen LogP contribution in [-0.2, 0) is 17.8 Å². The van der Waals surface area contributed by atoms with E-state index in [2.05, 4.69) is 15.7 Å². The Kier molecular flexibility index (Phi) is 5.68. The van der Waals surface area contributed by atoms with Gasteiger partial charge < -0.3 is 20.3 Å². The third kappa shape index (κ3) is 4.39. The number of hydrogen-bond donors (Lipinski definition) is 2. The number of nitrogens with zero attached hydrogens (tertiary/aromatic N) is 3. The highest BCUT2D eigenvalue weighted by Crippen LogP contribution is 2.22. The van der Waals surface area contributed by atoms with E-state index in [1.807, 2.05) is 10.7 Å². The van der Waals surface area contributed by atoms with Gasteiger partial charge in [0.15, 0.2) is 0 Å². The van der Waals surface area contributed by atoms with Crippen molar-refractivity contribution in [1.29, 1.82) is 0 Å². The molecular formula is C19H23ClFN5O2. The maximum atomic E-state index is 13.3. The summed E-state index contributed by atoms with van der Waals surface area (Å²) in [6.07, 6.45) is 2.28. The van der Waals surface area contributed by atoms with Gasteiger partial charge in [-0.3, -0.25) is 4.68 Å². The summed E-state index contributed by atoms with van der Waals surface area (Å²) in [6.45, 7) is 4.12. The highest BCUT2D eigenvalue weighted by Gasteiger charge is 2.23. The van der Waals surface area contributed by atoms with E-state index in [4.69, 9.17) is 16.3 Å². The Labute approximate surface area is 167 Å². The van der Waals surface area contributed by atoms with Crippen molar-refractivity contribution >= 4 is 29.1 Å². The van der Waals surface area contributed by atoms with Gasteiger partial charge >= 0.3 is 6.03 Å². The Bertz CT molecular complexity index is 853. The molecule has 1 fully saturated rings. The highest BCUT2D eigenvalue weighted by molar-refractivity contribution is 6.31. The van der Waals surface area contributed by atoms with E-state index < -0.39 is 5.82 Å². The van der Waals surface area contributed by atoms with Gasteiger partial charge in [0.25, 0.3) is 0 Å². The molecule has 1 saturated heterocycles. The molecule has 0 aliphatic carbocycles. The van der Waals surface area contributed by atoms with Crippen LogP contribution in [0.2, 0.25) is 5.02 Å². The minimum atomic E-state index is -0.513. The minimum absolute atomic E-state index is 0.0198. The van der Waals surface area contributed by atoms with Crippen molar-refractivity contribution in [3.05, 3.63) is 40.8 Å². The van der Waals surface area contributed by atoms with Gasteiger partial charge in [0.1, 0.15) is 11.6 Å². The number of hydrogen-bond acceptors (Lipinski definition) is 4. The molecule has 2 aromatic rings. The van der Waals surface area contributed by atoms with E-state index in [1.54, 1.807) is 4.90 Å². The van der Waals surface area contributed by atoms with Crippen molar-refractivity contribution in [2.24, 2.45) is 5.92 Å². The number of urea groups is 1. The fourth-order valence-corrected chi connectivity index (χ4v) is 3.70. The van der Waals surface area contributed by atoms with E-state index >= 15 is 0 Å². The topological polar surface area (TPSA) is 71.4 Å². The predicted molar refractivity (Wildman–Crippen MR) is 105 cm³/mol. The van der Waals surface area contributed by atoms with Gasteiger partial charge in [-0.1, -0.05) is 11.6 Å². The zero-order valence-corrected chi connectivity index (χ0v) is 16.2. The van der Waals surface area contributed by atoms with Gasteiger partial charge in [0.2, 0.25) is 0 Å². The number of halogens is 2. The van der Waals surface area contributed by atoms with Gasteiger partial charge in [-0.15, -0.1) is 0 Å². The number of carbonyl (C=O) groups excluding carboxylic acids is 1. The van der Waals surface area contributed by atoms with E-state index in [0.717, 1.165) is 37.7 Å². The first-order valence-electron chi connectivity index (χ1n) is 9.48. The molecule has 1 aromatic heterocycles. The van der Waals surface area contributed by atoms with Crippen LogP contribution in [0.4, 0.5) is 20.7 Å². The Morgan fingerprint density at radius 2 is 2.25 bits per heavy atom. The van der Waals surface area contributed by atoms with Crippen molar-refractivity contribution in [2.75, 3.05) is 36.9 Å². The number of anilines is 2. The van der Waals surface area contributed by atoms with Crippen molar-refractivity contribution in [2.45, 2.75) is 25.9 Å². The Morgan fingerprint density at radius 1 is 1.36 bits per heavy atom. The molecule has 3 heterocycles. The van der Waals surface area contributed by atoms with Gasteiger partial charge in [0.05, 0.1) is 30.4 Å². The average Bonchev–Trinajstić information content (AvgIpc) is 3.12. The number of carbonyl (C=O) groups is 1. The van der Waals surface area contributed by atoms with E-state index in [-0.39, 0.29) is 11.1 Å². The summed E-state index contributed by atoms with van der Waals surface area (Å²) in [4.78, 5) is 14.2. The first-order valence-corrected chi connectivity index (χ1v) is 9.85. The van der Waals surface area contributed by atoms with Gasteiger partial charge in [-0.25, -0.2) is 9.18 Å². The summed E-state index contributed by atoms with van der Waals surface area (Å²) in [6, 6.07) is 5.87. The lowest BCUT2D eigenvalue weighted by Gasteiger charge is -2.27. The van der Waals surface area contributed by atoms with E-state index in [1.165, 1.54) is 24.6 Å². The molecule has 1 atom stereocenters. The molecule has 2 aliphatic rings. The fourth-order valence-electron chi connectivity index (χ4n) is 3.52. The maximum Gasteiger partial charge on any atom is 0.322 e. The summed E-state index contributed by atoms with van der Waals surface area (Å²) in [5.41, 5.74) is 1.44. The standard InChI is InChI=1S/C19H23ClFN5O2/c20-16-8-14(3-4-17(16)21)23-19(27)25-5-6-26-15(11-25)9-18(24-26)22-10-13-2-1-7-28-12-13/h3-4,8-9,13H,1-2,5-7,10-12H2,(H,22,24)(H,23,27). The lowest BCUT2D eigenvalue weighted by molar-refractivity contribution is 0.0595. The van der Waals surface area contributed by atoms with Crippen LogP contribution in [0, 0.1) is 11.7 Å². The number of nitrogens with one attached hydrogen (secondary N) is 2. The first-order chi connectivity index (χ1) is 13.6. The second-order valence-corrected chi connectivity index (χ2v) is 7.60. The summed E-state index contributed by atoms with van der Waals surface area (Å²) < 4.78 is 20.7. The summed E-state index contributed by atoms with van der Waals surface area (Å²) in [5, 5.41) is 10.7. The zero-order valence-electron chi connectivity index (χ0n) is 15.5. The number of rotatable bonds is 4. The molecule has 7 nitrogen and oxygen atoms in total.